The van der Waals surface area contributed by atoms with Gasteiger partial charge in [0.05, 0.1) is 15.6 Å². The number of anilines is 1. The maximum Gasteiger partial charge on any atom is 0.352 e. The Balaban J connectivity index is 2.57. The van der Waals surface area contributed by atoms with Gasteiger partial charge in [-0.1, -0.05) is 35.3 Å². The van der Waals surface area contributed by atoms with Crippen LogP contribution >= 0.6 is 23.2 Å². The fourth-order valence-corrected chi connectivity index (χ4v) is 2.44. The lowest BCUT2D eigenvalue weighted by Crippen LogP contribution is -2.30. The SMILES string of the molecule is C=CCNNc1nc(-c2c(Cl)cccc2Cl)n(CC)c(=O)n1. The lowest BCUT2D eigenvalue weighted by atomic mass is 10.2. The van der Waals surface area contributed by atoms with Gasteiger partial charge in [0.2, 0.25) is 5.95 Å². The number of rotatable bonds is 6. The average molecular weight is 340 g/mol. The van der Waals surface area contributed by atoms with Gasteiger partial charge < -0.3 is 0 Å². The molecule has 1 heterocycles. The zero-order chi connectivity index (χ0) is 16.1. The zero-order valence-corrected chi connectivity index (χ0v) is 13.4. The Morgan fingerprint density at radius 1 is 1.32 bits per heavy atom. The molecule has 0 amide bonds. The highest BCUT2D eigenvalue weighted by Crippen LogP contribution is 2.33. The third kappa shape index (κ3) is 3.47. The zero-order valence-electron chi connectivity index (χ0n) is 11.9. The van der Waals surface area contributed by atoms with Crippen LogP contribution in [0.25, 0.3) is 11.4 Å². The molecular formula is C14H15Cl2N5O. The molecule has 2 aromatic rings. The molecule has 6 nitrogen and oxygen atoms in total. The molecule has 0 radical (unpaired) electrons. The fourth-order valence-electron chi connectivity index (χ4n) is 1.87. The Morgan fingerprint density at radius 2 is 2.00 bits per heavy atom. The monoisotopic (exact) mass is 339 g/mol. The Morgan fingerprint density at radius 3 is 2.59 bits per heavy atom. The van der Waals surface area contributed by atoms with Gasteiger partial charge in [0, 0.05) is 13.1 Å². The molecule has 0 fully saturated rings. The lowest BCUT2D eigenvalue weighted by molar-refractivity contribution is 0.683. The van der Waals surface area contributed by atoms with Crippen molar-refractivity contribution in [3.63, 3.8) is 0 Å². The minimum Gasteiger partial charge on any atom is -0.289 e. The molecule has 8 heteroatoms. The smallest absolute Gasteiger partial charge is 0.289 e. The van der Waals surface area contributed by atoms with Gasteiger partial charge in [-0.15, -0.1) is 6.58 Å². The van der Waals surface area contributed by atoms with E-state index in [0.29, 0.717) is 34.5 Å². The Hall–Kier alpha value is -1.89. The summed E-state index contributed by atoms with van der Waals surface area (Å²) in [5.74, 6) is 0.503. The molecule has 1 aromatic heterocycles. The van der Waals surface area contributed by atoms with Crippen molar-refractivity contribution >= 4 is 29.2 Å². The normalized spacial score (nSPS) is 10.5. The molecule has 0 spiro atoms. The van der Waals surface area contributed by atoms with E-state index in [1.165, 1.54) is 4.57 Å². The van der Waals surface area contributed by atoms with E-state index in [0.717, 1.165) is 0 Å². The first-order chi connectivity index (χ1) is 10.6. The molecule has 22 heavy (non-hydrogen) atoms. The average Bonchev–Trinajstić information content (AvgIpc) is 2.47. The molecule has 0 aliphatic carbocycles. The van der Waals surface area contributed by atoms with Gasteiger partial charge in [-0.3, -0.25) is 9.99 Å². The molecule has 1 aromatic carbocycles. The molecule has 0 saturated carbocycles. The Labute approximate surface area is 137 Å². The maximum atomic E-state index is 12.2. The number of hydrogen-bond acceptors (Lipinski definition) is 5. The number of halogens is 2. The van der Waals surface area contributed by atoms with Crippen LogP contribution in [0.3, 0.4) is 0 Å². The van der Waals surface area contributed by atoms with Crippen molar-refractivity contribution in [3.05, 3.63) is 51.4 Å². The first-order valence-electron chi connectivity index (χ1n) is 6.61. The van der Waals surface area contributed by atoms with Crippen molar-refractivity contribution in [2.75, 3.05) is 12.0 Å². The summed E-state index contributed by atoms with van der Waals surface area (Å²) in [4.78, 5) is 20.4. The number of hydrogen-bond donors (Lipinski definition) is 2. The Kier molecular flexibility index (Phi) is 5.54. The van der Waals surface area contributed by atoms with Crippen LogP contribution in [0.4, 0.5) is 5.95 Å². The standard InChI is InChI=1S/C14H15Cl2N5O/c1-3-8-17-20-13-18-12(21(4-2)14(22)19-13)11-9(15)6-5-7-10(11)16/h3,5-7,17H,1,4,8H2,2H3,(H,19,20,22). The fraction of sp³-hybridized carbons (Fsp3) is 0.214. The van der Waals surface area contributed by atoms with Crippen molar-refractivity contribution in [2.24, 2.45) is 0 Å². The molecule has 0 aliphatic heterocycles. The van der Waals surface area contributed by atoms with E-state index >= 15 is 0 Å². The summed E-state index contributed by atoms with van der Waals surface area (Å²) in [5, 5.41) is 0.829. The lowest BCUT2D eigenvalue weighted by Gasteiger charge is -2.14. The molecule has 0 atom stereocenters. The van der Waals surface area contributed by atoms with Gasteiger partial charge in [0.15, 0.2) is 5.82 Å². The largest absolute Gasteiger partial charge is 0.352 e. The molecule has 0 bridgehead atoms. The van der Waals surface area contributed by atoms with E-state index < -0.39 is 5.69 Å². The molecule has 0 unspecified atom stereocenters. The summed E-state index contributed by atoms with van der Waals surface area (Å²) in [6.07, 6.45) is 1.66. The second kappa shape index (κ2) is 7.40. The molecule has 116 valence electrons. The van der Waals surface area contributed by atoms with Gasteiger partial charge in [-0.05, 0) is 19.1 Å². The van der Waals surface area contributed by atoms with Gasteiger partial charge >= 0.3 is 5.69 Å². The quantitative estimate of drug-likeness (QED) is 0.481. The van der Waals surface area contributed by atoms with Crippen molar-refractivity contribution in [2.45, 2.75) is 13.5 Å². The second-order valence-corrected chi connectivity index (χ2v) is 5.10. The van der Waals surface area contributed by atoms with Crippen LogP contribution in [0.2, 0.25) is 10.0 Å². The van der Waals surface area contributed by atoms with E-state index in [1.807, 2.05) is 6.92 Å². The number of nitrogens with zero attached hydrogens (tertiary/aromatic N) is 3. The van der Waals surface area contributed by atoms with E-state index in [1.54, 1.807) is 24.3 Å². The van der Waals surface area contributed by atoms with Crippen LogP contribution in [-0.4, -0.2) is 21.1 Å². The number of benzene rings is 1. The van der Waals surface area contributed by atoms with Crippen LogP contribution in [0, 0.1) is 0 Å². The van der Waals surface area contributed by atoms with E-state index in [2.05, 4.69) is 27.4 Å². The van der Waals surface area contributed by atoms with Crippen molar-refractivity contribution in [1.82, 2.24) is 20.0 Å². The minimum atomic E-state index is -0.439. The number of hydrazine groups is 1. The van der Waals surface area contributed by atoms with Crippen LogP contribution in [0.15, 0.2) is 35.6 Å². The van der Waals surface area contributed by atoms with Crippen molar-refractivity contribution in [3.8, 4) is 11.4 Å². The molecular weight excluding hydrogens is 325 g/mol. The topological polar surface area (TPSA) is 71.8 Å². The summed E-state index contributed by atoms with van der Waals surface area (Å²) in [6, 6.07) is 5.12. The molecule has 2 rings (SSSR count). The predicted octanol–water partition coefficient (Wildman–Crippen LogP) is 2.73. The van der Waals surface area contributed by atoms with Crippen molar-refractivity contribution in [1.29, 1.82) is 0 Å². The molecule has 0 saturated heterocycles. The first-order valence-corrected chi connectivity index (χ1v) is 7.37. The van der Waals surface area contributed by atoms with E-state index in [9.17, 15) is 4.79 Å². The van der Waals surface area contributed by atoms with Gasteiger partial charge in [-0.25, -0.2) is 10.2 Å². The third-order valence-electron chi connectivity index (χ3n) is 2.85. The third-order valence-corrected chi connectivity index (χ3v) is 3.48. The summed E-state index contributed by atoms with van der Waals surface area (Å²) < 4.78 is 1.41. The maximum absolute atomic E-state index is 12.2. The first kappa shape index (κ1) is 16.5. The minimum absolute atomic E-state index is 0.141. The number of aromatic nitrogens is 3. The summed E-state index contributed by atoms with van der Waals surface area (Å²) >= 11 is 12.4. The van der Waals surface area contributed by atoms with Crippen LogP contribution in [0.5, 0.6) is 0 Å². The summed E-state index contributed by atoms with van der Waals surface area (Å²) in [7, 11) is 0. The highest BCUT2D eigenvalue weighted by molar-refractivity contribution is 6.39. The highest BCUT2D eigenvalue weighted by Gasteiger charge is 2.16. The van der Waals surface area contributed by atoms with Crippen LogP contribution in [0.1, 0.15) is 6.92 Å². The van der Waals surface area contributed by atoms with Crippen molar-refractivity contribution < 1.29 is 0 Å². The molecule has 2 N–H and O–H groups in total. The Bertz CT molecular complexity index is 724. The summed E-state index contributed by atoms with van der Waals surface area (Å²) in [5.41, 5.74) is 5.62. The van der Waals surface area contributed by atoms with Crippen LogP contribution in [-0.2, 0) is 6.54 Å². The predicted molar refractivity (Wildman–Crippen MR) is 89.2 cm³/mol. The second-order valence-electron chi connectivity index (χ2n) is 4.29. The molecule has 0 aliphatic rings. The van der Waals surface area contributed by atoms with E-state index in [4.69, 9.17) is 23.2 Å². The van der Waals surface area contributed by atoms with Gasteiger partial charge in [0.1, 0.15) is 0 Å². The van der Waals surface area contributed by atoms with Crippen LogP contribution < -0.4 is 16.5 Å². The van der Waals surface area contributed by atoms with E-state index in [-0.39, 0.29) is 5.95 Å². The summed E-state index contributed by atoms with van der Waals surface area (Å²) in [6.45, 7) is 6.29. The van der Waals surface area contributed by atoms with Gasteiger partial charge in [0.25, 0.3) is 0 Å². The highest BCUT2D eigenvalue weighted by atomic mass is 35.5. The van der Waals surface area contributed by atoms with Gasteiger partial charge in [-0.2, -0.15) is 9.97 Å². The number of nitrogens with one attached hydrogen (secondary N) is 2.